The fourth-order valence-electron chi connectivity index (χ4n) is 5.44. The normalized spacial score (nSPS) is 12.7. The van der Waals surface area contributed by atoms with Crippen LogP contribution in [0.5, 0.6) is 0 Å². The van der Waals surface area contributed by atoms with Gasteiger partial charge in [-0.2, -0.15) is 0 Å². The molecule has 0 saturated heterocycles. The minimum Gasteiger partial charge on any atom is -0.478 e. The van der Waals surface area contributed by atoms with Crippen LogP contribution in [0.2, 0.25) is 0 Å². The van der Waals surface area contributed by atoms with Crippen LogP contribution in [0.25, 0.3) is 0 Å². The molecule has 0 spiro atoms. The number of esters is 1. The first-order chi connectivity index (χ1) is 18.6. The highest BCUT2D eigenvalue weighted by atomic mass is 16.5. The second kappa shape index (κ2) is 13.2. The van der Waals surface area contributed by atoms with Gasteiger partial charge >= 0.3 is 17.9 Å². The molecule has 0 fully saturated rings. The van der Waals surface area contributed by atoms with Crippen molar-refractivity contribution >= 4 is 17.9 Å². The molecule has 206 valence electrons. The molecule has 39 heavy (non-hydrogen) atoms. The summed E-state index contributed by atoms with van der Waals surface area (Å²) in [5.74, 6) is -3.16. The molecule has 3 rings (SSSR count). The molecule has 6 nitrogen and oxygen atoms in total. The van der Waals surface area contributed by atoms with Crippen molar-refractivity contribution in [2.75, 3.05) is 6.61 Å². The lowest BCUT2D eigenvalue weighted by molar-refractivity contribution is -0.145. The fraction of sp³-hybridized carbons (Fsp3) is 0.364. The third-order valence-corrected chi connectivity index (χ3v) is 7.11. The van der Waals surface area contributed by atoms with Gasteiger partial charge in [-0.15, -0.1) is 0 Å². The van der Waals surface area contributed by atoms with Crippen LogP contribution in [0.1, 0.15) is 101 Å². The van der Waals surface area contributed by atoms with E-state index in [9.17, 15) is 24.6 Å². The highest BCUT2D eigenvalue weighted by Crippen LogP contribution is 2.42. The SMILES string of the molecule is CCOC(=O)C(c1ccc(CC(C)C)cc1)C(c1ccc(C(=O)O)cc1)c1ccc(C(=O)O)c(CC)c1CC. The summed E-state index contributed by atoms with van der Waals surface area (Å²) in [5, 5.41) is 19.3. The van der Waals surface area contributed by atoms with Crippen LogP contribution in [-0.4, -0.2) is 34.7 Å². The third-order valence-electron chi connectivity index (χ3n) is 7.11. The molecule has 0 amide bonds. The Bertz CT molecular complexity index is 1310. The van der Waals surface area contributed by atoms with Crippen LogP contribution in [0, 0.1) is 5.92 Å². The maximum absolute atomic E-state index is 13.7. The highest BCUT2D eigenvalue weighted by Gasteiger charge is 2.36. The lowest BCUT2D eigenvalue weighted by atomic mass is 9.73. The number of carboxylic acids is 2. The van der Waals surface area contributed by atoms with Crippen LogP contribution < -0.4 is 0 Å². The minimum atomic E-state index is -1.03. The van der Waals surface area contributed by atoms with E-state index in [1.54, 1.807) is 31.2 Å². The Labute approximate surface area is 230 Å². The van der Waals surface area contributed by atoms with Crippen molar-refractivity contribution in [1.82, 2.24) is 0 Å². The zero-order chi connectivity index (χ0) is 28.7. The van der Waals surface area contributed by atoms with Crippen LogP contribution >= 0.6 is 0 Å². The van der Waals surface area contributed by atoms with Crippen LogP contribution in [-0.2, 0) is 28.8 Å². The molecule has 0 bridgehead atoms. The topological polar surface area (TPSA) is 101 Å². The van der Waals surface area contributed by atoms with Crippen LogP contribution in [0.4, 0.5) is 0 Å². The molecule has 2 unspecified atom stereocenters. The molecule has 3 aromatic rings. The second-order valence-corrected chi connectivity index (χ2v) is 10.1. The number of rotatable bonds is 12. The van der Waals surface area contributed by atoms with Crippen molar-refractivity contribution in [3.63, 3.8) is 0 Å². The van der Waals surface area contributed by atoms with Gasteiger partial charge < -0.3 is 14.9 Å². The average Bonchev–Trinajstić information content (AvgIpc) is 2.91. The van der Waals surface area contributed by atoms with Crippen molar-refractivity contribution in [2.45, 2.75) is 65.7 Å². The minimum absolute atomic E-state index is 0.148. The van der Waals surface area contributed by atoms with Gasteiger partial charge in [0.25, 0.3) is 0 Å². The van der Waals surface area contributed by atoms with Crippen molar-refractivity contribution in [1.29, 1.82) is 0 Å². The van der Waals surface area contributed by atoms with Crippen molar-refractivity contribution in [2.24, 2.45) is 5.92 Å². The zero-order valence-corrected chi connectivity index (χ0v) is 23.4. The van der Waals surface area contributed by atoms with E-state index < -0.39 is 23.8 Å². The van der Waals surface area contributed by atoms with Gasteiger partial charge in [-0.1, -0.05) is 70.2 Å². The molecule has 6 heteroatoms. The molecule has 0 aliphatic heterocycles. The molecule has 0 heterocycles. The first-order valence-electron chi connectivity index (χ1n) is 13.6. The number of benzene rings is 3. The van der Waals surface area contributed by atoms with Gasteiger partial charge in [0.1, 0.15) is 0 Å². The number of aromatic carboxylic acids is 2. The Morgan fingerprint density at radius 3 is 1.82 bits per heavy atom. The molecule has 0 aliphatic rings. The smallest absolute Gasteiger partial charge is 0.335 e. The number of carbonyl (C=O) groups is 3. The van der Waals surface area contributed by atoms with E-state index in [-0.39, 0.29) is 23.7 Å². The van der Waals surface area contributed by atoms with Gasteiger partial charge in [-0.25, -0.2) is 9.59 Å². The fourth-order valence-corrected chi connectivity index (χ4v) is 5.44. The number of carboxylic acid groups (broad SMARTS) is 2. The van der Waals surface area contributed by atoms with E-state index in [4.69, 9.17) is 4.74 Å². The van der Waals surface area contributed by atoms with Crippen LogP contribution in [0.3, 0.4) is 0 Å². The zero-order valence-electron chi connectivity index (χ0n) is 23.4. The van der Waals surface area contributed by atoms with Gasteiger partial charge in [-0.3, -0.25) is 4.79 Å². The summed E-state index contributed by atoms with van der Waals surface area (Å²) >= 11 is 0. The van der Waals surface area contributed by atoms with Gasteiger partial charge in [0.15, 0.2) is 0 Å². The van der Waals surface area contributed by atoms with Gasteiger partial charge in [0, 0.05) is 5.92 Å². The molecule has 3 aromatic carbocycles. The summed E-state index contributed by atoms with van der Waals surface area (Å²) in [4.78, 5) is 37.3. The molecule has 0 radical (unpaired) electrons. The predicted molar refractivity (Wildman–Crippen MR) is 152 cm³/mol. The maximum atomic E-state index is 13.7. The van der Waals surface area contributed by atoms with E-state index in [1.807, 2.05) is 38.1 Å². The van der Waals surface area contributed by atoms with Crippen molar-refractivity contribution in [3.05, 3.63) is 105 Å². The molecule has 2 N–H and O–H groups in total. The Hall–Kier alpha value is -3.93. The monoisotopic (exact) mass is 530 g/mol. The van der Waals surface area contributed by atoms with Gasteiger partial charge in [0.05, 0.1) is 23.7 Å². The average molecular weight is 531 g/mol. The Kier molecular flexibility index (Phi) is 10.0. The molecule has 0 saturated carbocycles. The summed E-state index contributed by atoms with van der Waals surface area (Å²) < 4.78 is 5.60. The van der Waals surface area contributed by atoms with Gasteiger partial charge in [0.2, 0.25) is 0 Å². The molecular formula is C33H38O6. The summed E-state index contributed by atoms with van der Waals surface area (Å²) in [6.07, 6.45) is 2.02. The van der Waals surface area contributed by atoms with Crippen molar-refractivity contribution in [3.8, 4) is 0 Å². The highest BCUT2D eigenvalue weighted by molar-refractivity contribution is 5.90. The van der Waals surface area contributed by atoms with Crippen LogP contribution in [0.15, 0.2) is 60.7 Å². The molecular weight excluding hydrogens is 492 g/mol. The summed E-state index contributed by atoms with van der Waals surface area (Å²) in [6, 6.07) is 18.0. The molecule has 0 aliphatic carbocycles. The number of ether oxygens (including phenoxy) is 1. The van der Waals surface area contributed by atoms with E-state index in [0.29, 0.717) is 18.8 Å². The second-order valence-electron chi connectivity index (χ2n) is 10.1. The lowest BCUT2D eigenvalue weighted by Gasteiger charge is -2.30. The van der Waals surface area contributed by atoms with E-state index >= 15 is 0 Å². The summed E-state index contributed by atoms with van der Waals surface area (Å²) in [7, 11) is 0. The number of hydrogen-bond acceptors (Lipinski definition) is 4. The summed E-state index contributed by atoms with van der Waals surface area (Å²) in [5.41, 5.74) is 5.58. The maximum Gasteiger partial charge on any atom is 0.335 e. The van der Waals surface area contributed by atoms with E-state index in [1.165, 1.54) is 17.7 Å². The summed E-state index contributed by atoms with van der Waals surface area (Å²) in [6.45, 7) is 10.2. The van der Waals surface area contributed by atoms with Gasteiger partial charge in [-0.05, 0) is 83.7 Å². The lowest BCUT2D eigenvalue weighted by Crippen LogP contribution is -2.25. The third kappa shape index (κ3) is 6.75. The van der Waals surface area contributed by atoms with E-state index in [0.717, 1.165) is 34.2 Å². The number of hydrogen-bond donors (Lipinski definition) is 2. The predicted octanol–water partition coefficient (Wildman–Crippen LogP) is 6.89. The Balaban J connectivity index is 2.32. The number of carbonyl (C=O) groups excluding carboxylic acids is 1. The van der Waals surface area contributed by atoms with E-state index in [2.05, 4.69) is 13.8 Å². The molecule has 2 atom stereocenters. The Morgan fingerprint density at radius 2 is 1.33 bits per heavy atom. The first-order valence-corrected chi connectivity index (χ1v) is 13.6. The quantitative estimate of drug-likeness (QED) is 0.247. The largest absolute Gasteiger partial charge is 0.478 e. The first kappa shape index (κ1) is 29.6. The Morgan fingerprint density at radius 1 is 0.744 bits per heavy atom. The standard InChI is InChI=1S/C33H38O6/c1-6-25-26(7-2)28(32(36)37)18-17-27(25)29(22-13-15-24(16-14-22)31(34)35)30(33(38)39-8-3)23-11-9-21(10-12-23)19-20(4)5/h9-18,20,29-30H,6-8,19H2,1-5H3,(H,34,35)(H,36,37). The van der Waals surface area contributed by atoms with Crippen molar-refractivity contribution < 1.29 is 29.3 Å². The molecule has 0 aromatic heterocycles.